The third kappa shape index (κ3) is 5.80. The molecule has 3 rings (SSSR count). The first-order chi connectivity index (χ1) is 13.5. The van der Waals surface area contributed by atoms with Gasteiger partial charge in [-0.15, -0.1) is 0 Å². The molecule has 142 valence electrons. The number of benzene rings is 3. The monoisotopic (exact) mass is 568 g/mol. The molecule has 3 aromatic carbocycles. The fourth-order valence-corrected chi connectivity index (χ4v) is 3.38. The summed E-state index contributed by atoms with van der Waals surface area (Å²) in [4.78, 5) is 12.0. The van der Waals surface area contributed by atoms with Crippen LogP contribution in [-0.2, 0) is 6.61 Å². The highest BCUT2D eigenvalue weighted by molar-refractivity contribution is 14.1. The number of carbonyl (C=O) groups excluding carboxylic acids is 1. The number of halogens is 3. The van der Waals surface area contributed by atoms with Gasteiger partial charge in [0, 0.05) is 19.7 Å². The Kier molecular flexibility index (Phi) is 7.47. The average molecular weight is 570 g/mol. The molecule has 7 heteroatoms. The Labute approximate surface area is 190 Å². The fraction of sp³-hybridized carbons (Fsp3) is 0.0476. The van der Waals surface area contributed by atoms with Crippen LogP contribution in [-0.4, -0.2) is 12.1 Å². The summed E-state index contributed by atoms with van der Waals surface area (Å²) in [5, 5.41) is 4.68. The van der Waals surface area contributed by atoms with E-state index >= 15 is 0 Å². The second-order valence-corrected chi connectivity index (χ2v) is 8.28. The predicted molar refractivity (Wildman–Crippen MR) is 124 cm³/mol. The normalized spacial score (nSPS) is 10.8. The summed E-state index contributed by atoms with van der Waals surface area (Å²) in [6, 6.07) is 20.4. The van der Waals surface area contributed by atoms with Crippen LogP contribution >= 0.6 is 50.1 Å². The third-order valence-corrected chi connectivity index (χ3v) is 5.49. The van der Waals surface area contributed by atoms with Gasteiger partial charge in [-0.25, -0.2) is 5.43 Å². The van der Waals surface area contributed by atoms with Crippen molar-refractivity contribution < 1.29 is 9.53 Å². The Morgan fingerprint density at radius 2 is 1.89 bits per heavy atom. The van der Waals surface area contributed by atoms with E-state index in [2.05, 4.69) is 49.0 Å². The van der Waals surface area contributed by atoms with Crippen molar-refractivity contribution in [3.63, 3.8) is 0 Å². The molecule has 0 radical (unpaired) electrons. The van der Waals surface area contributed by atoms with E-state index in [4.69, 9.17) is 16.3 Å². The maximum Gasteiger partial charge on any atom is 0.271 e. The maximum atomic E-state index is 12.0. The Balaban J connectivity index is 1.59. The van der Waals surface area contributed by atoms with Gasteiger partial charge in [-0.2, -0.15) is 5.10 Å². The zero-order valence-corrected chi connectivity index (χ0v) is 19.0. The highest BCUT2D eigenvalue weighted by Crippen LogP contribution is 2.27. The van der Waals surface area contributed by atoms with Crippen LogP contribution in [0.4, 0.5) is 0 Å². The Bertz CT molecular complexity index is 1010. The number of hydrogen-bond donors (Lipinski definition) is 1. The summed E-state index contributed by atoms with van der Waals surface area (Å²) >= 11 is 11.8. The number of nitrogens with one attached hydrogen (secondary N) is 1. The van der Waals surface area contributed by atoms with Crippen molar-refractivity contribution in [1.29, 1.82) is 0 Å². The van der Waals surface area contributed by atoms with Gasteiger partial charge in [-0.3, -0.25) is 4.79 Å². The van der Waals surface area contributed by atoms with Crippen molar-refractivity contribution in [1.82, 2.24) is 5.43 Å². The zero-order valence-electron chi connectivity index (χ0n) is 14.5. The summed E-state index contributed by atoms with van der Waals surface area (Å²) < 4.78 is 7.68. The van der Waals surface area contributed by atoms with Gasteiger partial charge in [0.2, 0.25) is 0 Å². The van der Waals surface area contributed by atoms with E-state index in [1.165, 1.54) is 0 Å². The number of amides is 1. The molecule has 0 saturated carbocycles. The van der Waals surface area contributed by atoms with Crippen LogP contribution in [0, 0.1) is 3.57 Å². The van der Waals surface area contributed by atoms with Crippen molar-refractivity contribution in [2.24, 2.45) is 5.10 Å². The highest BCUT2D eigenvalue weighted by atomic mass is 127. The van der Waals surface area contributed by atoms with Crippen LogP contribution in [0.2, 0.25) is 5.02 Å². The lowest BCUT2D eigenvalue weighted by molar-refractivity contribution is 0.0955. The molecule has 0 aliphatic rings. The molecule has 0 saturated heterocycles. The van der Waals surface area contributed by atoms with Gasteiger partial charge in [0.1, 0.15) is 12.4 Å². The van der Waals surface area contributed by atoms with Crippen LogP contribution < -0.4 is 10.2 Å². The first-order valence-corrected chi connectivity index (χ1v) is 10.5. The Hall–Kier alpha value is -1.90. The van der Waals surface area contributed by atoms with Crippen molar-refractivity contribution in [2.45, 2.75) is 6.61 Å². The van der Waals surface area contributed by atoms with Gasteiger partial charge in [0.05, 0.1) is 10.7 Å². The maximum absolute atomic E-state index is 12.0. The van der Waals surface area contributed by atoms with Crippen LogP contribution in [0.5, 0.6) is 5.75 Å². The lowest BCUT2D eigenvalue weighted by atomic mass is 10.2. The summed E-state index contributed by atoms with van der Waals surface area (Å²) in [5.74, 6) is 0.436. The quantitative estimate of drug-likeness (QED) is 0.223. The summed E-state index contributed by atoms with van der Waals surface area (Å²) in [7, 11) is 0. The lowest BCUT2D eigenvalue weighted by Gasteiger charge is -2.10. The second kappa shape index (κ2) is 10.0. The number of ether oxygens (including phenoxy) is 1. The number of hydrazone groups is 1. The predicted octanol–water partition coefficient (Wildman–Crippen LogP) is 6.05. The number of carbonyl (C=O) groups is 1. The minimum Gasteiger partial charge on any atom is -0.488 e. The van der Waals surface area contributed by atoms with Crippen molar-refractivity contribution >= 4 is 62.2 Å². The Morgan fingerprint density at radius 1 is 1.14 bits per heavy atom. The van der Waals surface area contributed by atoms with Gasteiger partial charge in [0.25, 0.3) is 5.91 Å². The molecule has 0 fully saturated rings. The van der Waals surface area contributed by atoms with Crippen LogP contribution in [0.15, 0.2) is 76.3 Å². The Morgan fingerprint density at radius 3 is 2.61 bits per heavy atom. The van der Waals surface area contributed by atoms with Crippen LogP contribution in [0.1, 0.15) is 21.5 Å². The molecule has 4 nitrogen and oxygen atoms in total. The highest BCUT2D eigenvalue weighted by Gasteiger charge is 2.06. The molecule has 0 spiro atoms. The van der Waals surface area contributed by atoms with Gasteiger partial charge in [0.15, 0.2) is 0 Å². The molecule has 28 heavy (non-hydrogen) atoms. The number of nitrogens with zero attached hydrogens (tertiary/aromatic N) is 1. The zero-order chi connectivity index (χ0) is 19.9. The molecule has 0 aliphatic carbocycles. The van der Waals surface area contributed by atoms with Crippen molar-refractivity contribution in [3.8, 4) is 5.75 Å². The molecule has 3 aromatic rings. The molecular weight excluding hydrogens is 555 g/mol. The average Bonchev–Trinajstić information content (AvgIpc) is 2.69. The van der Waals surface area contributed by atoms with Gasteiger partial charge in [-0.1, -0.05) is 29.8 Å². The van der Waals surface area contributed by atoms with E-state index in [0.717, 1.165) is 19.2 Å². The van der Waals surface area contributed by atoms with Crippen LogP contribution in [0.3, 0.4) is 0 Å². The van der Waals surface area contributed by atoms with E-state index in [9.17, 15) is 4.79 Å². The smallest absolute Gasteiger partial charge is 0.271 e. The third-order valence-electron chi connectivity index (χ3n) is 3.78. The molecule has 0 unspecified atom stereocenters. The first kappa shape index (κ1) is 20.8. The standard InChI is InChI=1S/C21H15BrClIN2O2/c22-18-11-14(12-25-26-21(27)15-6-8-17(24)9-7-15)5-10-20(18)28-13-16-3-1-2-4-19(16)23/h1-12H,13H2,(H,26,27)/b25-12-. The number of hydrogen-bond acceptors (Lipinski definition) is 3. The van der Waals surface area contributed by atoms with Crippen molar-refractivity contribution in [3.05, 3.63) is 96.5 Å². The molecule has 0 aromatic heterocycles. The van der Waals surface area contributed by atoms with Crippen LogP contribution in [0.25, 0.3) is 0 Å². The largest absolute Gasteiger partial charge is 0.488 e. The molecule has 0 bridgehead atoms. The molecule has 0 atom stereocenters. The van der Waals surface area contributed by atoms with E-state index in [1.54, 1.807) is 18.3 Å². The minimum absolute atomic E-state index is 0.258. The minimum atomic E-state index is -0.258. The van der Waals surface area contributed by atoms with E-state index in [1.807, 2.05) is 54.6 Å². The first-order valence-electron chi connectivity index (χ1n) is 8.27. The summed E-state index contributed by atoms with van der Waals surface area (Å²) in [6.45, 7) is 0.373. The SMILES string of the molecule is O=C(N/N=C\c1ccc(OCc2ccccc2Cl)c(Br)c1)c1ccc(I)cc1. The molecule has 0 aliphatic heterocycles. The number of rotatable bonds is 6. The van der Waals surface area contributed by atoms with E-state index < -0.39 is 0 Å². The van der Waals surface area contributed by atoms with Gasteiger partial charge >= 0.3 is 0 Å². The second-order valence-electron chi connectivity index (χ2n) is 5.78. The molecule has 1 N–H and O–H groups in total. The molecular formula is C21H15BrClIN2O2. The van der Waals surface area contributed by atoms with Crippen molar-refractivity contribution in [2.75, 3.05) is 0 Å². The topological polar surface area (TPSA) is 50.7 Å². The summed E-state index contributed by atoms with van der Waals surface area (Å²) in [5.41, 5.74) is 4.81. The molecule has 0 heterocycles. The van der Waals surface area contributed by atoms with E-state index in [-0.39, 0.29) is 5.91 Å². The van der Waals surface area contributed by atoms with E-state index in [0.29, 0.717) is 22.9 Å². The van der Waals surface area contributed by atoms with Gasteiger partial charge < -0.3 is 4.74 Å². The fourth-order valence-electron chi connectivity index (χ4n) is 2.32. The molecule has 1 amide bonds. The lowest BCUT2D eigenvalue weighted by Crippen LogP contribution is -2.17. The van der Waals surface area contributed by atoms with Gasteiger partial charge in [-0.05, 0) is 92.6 Å². The summed E-state index contributed by atoms with van der Waals surface area (Å²) in [6.07, 6.45) is 1.58.